The maximum atomic E-state index is 12.1. The molecular formula is C19H21N3O3. The summed E-state index contributed by atoms with van der Waals surface area (Å²) in [5.41, 5.74) is 1.31. The summed E-state index contributed by atoms with van der Waals surface area (Å²) in [6.45, 7) is 1.94. The SMILES string of the molecule is CC(OC(=O)c1ccc(NC2CC2)nc1)C(=O)NCc1ccccc1. The Labute approximate surface area is 146 Å². The van der Waals surface area contributed by atoms with Crippen molar-refractivity contribution in [2.24, 2.45) is 0 Å². The molecule has 1 aliphatic carbocycles. The Bertz CT molecular complexity index is 727. The highest BCUT2D eigenvalue weighted by Gasteiger charge is 2.22. The van der Waals surface area contributed by atoms with Gasteiger partial charge in [0.2, 0.25) is 0 Å². The Morgan fingerprint density at radius 3 is 2.60 bits per heavy atom. The van der Waals surface area contributed by atoms with Crippen LogP contribution in [0.5, 0.6) is 0 Å². The summed E-state index contributed by atoms with van der Waals surface area (Å²) < 4.78 is 5.21. The molecule has 0 aliphatic heterocycles. The van der Waals surface area contributed by atoms with Crippen molar-refractivity contribution in [3.8, 4) is 0 Å². The van der Waals surface area contributed by atoms with E-state index >= 15 is 0 Å². The lowest BCUT2D eigenvalue weighted by Gasteiger charge is -2.13. The second-order valence-corrected chi connectivity index (χ2v) is 6.10. The van der Waals surface area contributed by atoms with Crippen molar-refractivity contribution >= 4 is 17.7 Å². The summed E-state index contributed by atoms with van der Waals surface area (Å²) in [6, 6.07) is 13.4. The predicted molar refractivity (Wildman–Crippen MR) is 94.0 cm³/mol. The summed E-state index contributed by atoms with van der Waals surface area (Å²) in [4.78, 5) is 28.4. The van der Waals surface area contributed by atoms with Gasteiger partial charge in [0.1, 0.15) is 5.82 Å². The number of hydrogen-bond donors (Lipinski definition) is 2. The van der Waals surface area contributed by atoms with Gasteiger partial charge < -0.3 is 15.4 Å². The number of carbonyl (C=O) groups excluding carboxylic acids is 2. The number of anilines is 1. The van der Waals surface area contributed by atoms with Crippen LogP contribution in [0, 0.1) is 0 Å². The molecule has 0 radical (unpaired) electrons. The molecule has 1 unspecified atom stereocenters. The van der Waals surface area contributed by atoms with E-state index in [2.05, 4.69) is 15.6 Å². The molecule has 130 valence electrons. The number of nitrogens with one attached hydrogen (secondary N) is 2. The third-order valence-electron chi connectivity index (χ3n) is 3.89. The van der Waals surface area contributed by atoms with Gasteiger partial charge in [-0.1, -0.05) is 30.3 Å². The Balaban J connectivity index is 1.48. The van der Waals surface area contributed by atoms with E-state index in [9.17, 15) is 9.59 Å². The monoisotopic (exact) mass is 339 g/mol. The van der Waals surface area contributed by atoms with Crippen LogP contribution < -0.4 is 10.6 Å². The Hall–Kier alpha value is -2.89. The standard InChI is InChI=1S/C19H21N3O3/c1-13(18(23)21-11-14-5-3-2-4-6-14)25-19(24)15-7-10-17(20-12-15)22-16-8-9-16/h2-7,10,12-13,16H,8-9,11H2,1H3,(H,20,22)(H,21,23). The minimum Gasteiger partial charge on any atom is -0.449 e. The van der Waals surface area contributed by atoms with Crippen molar-refractivity contribution in [3.05, 3.63) is 59.8 Å². The Kier molecular flexibility index (Phi) is 5.28. The molecule has 1 heterocycles. The molecule has 1 aromatic heterocycles. The van der Waals surface area contributed by atoms with Gasteiger partial charge in [-0.15, -0.1) is 0 Å². The summed E-state index contributed by atoms with van der Waals surface area (Å²) >= 11 is 0. The molecule has 1 aromatic carbocycles. The number of carbonyl (C=O) groups is 2. The fraction of sp³-hybridized carbons (Fsp3) is 0.316. The van der Waals surface area contributed by atoms with Crippen LogP contribution in [0.3, 0.4) is 0 Å². The first-order valence-corrected chi connectivity index (χ1v) is 8.37. The van der Waals surface area contributed by atoms with Gasteiger partial charge in [0.05, 0.1) is 5.56 Å². The lowest BCUT2D eigenvalue weighted by atomic mass is 10.2. The molecule has 0 bridgehead atoms. The van der Waals surface area contributed by atoms with Crippen molar-refractivity contribution in [1.82, 2.24) is 10.3 Å². The first-order chi connectivity index (χ1) is 12.1. The zero-order valence-electron chi connectivity index (χ0n) is 14.1. The number of esters is 1. The van der Waals surface area contributed by atoms with E-state index in [4.69, 9.17) is 4.74 Å². The molecule has 1 aliphatic rings. The van der Waals surface area contributed by atoms with Crippen molar-refractivity contribution in [1.29, 1.82) is 0 Å². The second-order valence-electron chi connectivity index (χ2n) is 6.10. The van der Waals surface area contributed by atoms with Gasteiger partial charge in [-0.25, -0.2) is 9.78 Å². The lowest BCUT2D eigenvalue weighted by Crippen LogP contribution is -2.35. The molecule has 1 amide bonds. The normalized spacial score (nSPS) is 14.4. The first kappa shape index (κ1) is 17.0. The number of aromatic nitrogens is 1. The molecule has 6 nitrogen and oxygen atoms in total. The fourth-order valence-corrected chi connectivity index (χ4v) is 2.25. The number of rotatable bonds is 7. The van der Waals surface area contributed by atoms with Crippen LogP contribution in [0.1, 0.15) is 35.7 Å². The molecule has 0 spiro atoms. The van der Waals surface area contributed by atoms with E-state index in [-0.39, 0.29) is 5.91 Å². The molecule has 0 saturated heterocycles. The highest BCUT2D eigenvalue weighted by molar-refractivity contribution is 5.92. The van der Waals surface area contributed by atoms with Crippen molar-refractivity contribution in [2.45, 2.75) is 38.5 Å². The van der Waals surface area contributed by atoms with Crippen LogP contribution in [-0.4, -0.2) is 29.0 Å². The summed E-state index contributed by atoms with van der Waals surface area (Å²) in [5.74, 6) is -0.155. The van der Waals surface area contributed by atoms with Gasteiger partial charge in [0.25, 0.3) is 5.91 Å². The van der Waals surface area contributed by atoms with Gasteiger partial charge in [-0.3, -0.25) is 4.79 Å². The van der Waals surface area contributed by atoms with E-state index in [1.54, 1.807) is 19.1 Å². The van der Waals surface area contributed by atoms with Crippen molar-refractivity contribution < 1.29 is 14.3 Å². The second kappa shape index (κ2) is 7.79. The van der Waals surface area contributed by atoms with E-state index < -0.39 is 12.1 Å². The third kappa shape index (κ3) is 5.04. The van der Waals surface area contributed by atoms with Crippen LogP contribution in [-0.2, 0) is 16.1 Å². The number of pyridine rings is 1. The van der Waals surface area contributed by atoms with E-state index in [1.165, 1.54) is 6.20 Å². The maximum Gasteiger partial charge on any atom is 0.340 e. The van der Waals surface area contributed by atoms with Crippen LogP contribution >= 0.6 is 0 Å². The predicted octanol–water partition coefficient (Wildman–Crippen LogP) is 2.52. The minimum absolute atomic E-state index is 0.323. The topological polar surface area (TPSA) is 80.3 Å². The fourth-order valence-electron chi connectivity index (χ4n) is 2.25. The number of ether oxygens (including phenoxy) is 1. The summed E-state index contributed by atoms with van der Waals surface area (Å²) in [6.07, 6.45) is 2.89. The van der Waals surface area contributed by atoms with Gasteiger partial charge in [0.15, 0.2) is 6.10 Å². The zero-order valence-corrected chi connectivity index (χ0v) is 14.1. The van der Waals surface area contributed by atoms with Gasteiger partial charge >= 0.3 is 5.97 Å². The van der Waals surface area contributed by atoms with Crippen LogP contribution in [0.4, 0.5) is 5.82 Å². The first-order valence-electron chi connectivity index (χ1n) is 8.37. The van der Waals surface area contributed by atoms with Gasteiger partial charge in [-0.2, -0.15) is 0 Å². The average Bonchev–Trinajstić information content (AvgIpc) is 3.45. The van der Waals surface area contributed by atoms with Crippen LogP contribution in [0.2, 0.25) is 0 Å². The minimum atomic E-state index is -0.875. The molecule has 2 N–H and O–H groups in total. The quantitative estimate of drug-likeness (QED) is 0.758. The molecule has 1 saturated carbocycles. The molecule has 1 fully saturated rings. The number of hydrogen-bond acceptors (Lipinski definition) is 5. The highest BCUT2D eigenvalue weighted by atomic mass is 16.5. The van der Waals surface area contributed by atoms with E-state index in [1.807, 2.05) is 30.3 Å². The Morgan fingerprint density at radius 2 is 1.96 bits per heavy atom. The molecule has 25 heavy (non-hydrogen) atoms. The van der Waals surface area contributed by atoms with Gasteiger partial charge in [0, 0.05) is 18.8 Å². The molecular weight excluding hydrogens is 318 g/mol. The molecule has 1 atom stereocenters. The summed E-state index contributed by atoms with van der Waals surface area (Å²) in [5, 5.41) is 6.00. The number of nitrogens with zero attached hydrogens (tertiary/aromatic N) is 1. The molecule has 6 heteroatoms. The van der Waals surface area contributed by atoms with Gasteiger partial charge in [-0.05, 0) is 37.5 Å². The third-order valence-corrected chi connectivity index (χ3v) is 3.89. The van der Waals surface area contributed by atoms with E-state index in [0.29, 0.717) is 18.2 Å². The Morgan fingerprint density at radius 1 is 1.20 bits per heavy atom. The number of benzene rings is 1. The van der Waals surface area contributed by atoms with Crippen molar-refractivity contribution in [2.75, 3.05) is 5.32 Å². The van der Waals surface area contributed by atoms with Crippen molar-refractivity contribution in [3.63, 3.8) is 0 Å². The maximum absolute atomic E-state index is 12.1. The van der Waals surface area contributed by atoms with Crippen LogP contribution in [0.15, 0.2) is 48.7 Å². The van der Waals surface area contributed by atoms with E-state index in [0.717, 1.165) is 24.2 Å². The average molecular weight is 339 g/mol. The highest BCUT2D eigenvalue weighted by Crippen LogP contribution is 2.23. The smallest absolute Gasteiger partial charge is 0.340 e. The van der Waals surface area contributed by atoms with Crippen LogP contribution in [0.25, 0.3) is 0 Å². The lowest BCUT2D eigenvalue weighted by molar-refractivity contribution is -0.129. The zero-order chi connectivity index (χ0) is 17.6. The largest absolute Gasteiger partial charge is 0.449 e. The summed E-state index contributed by atoms with van der Waals surface area (Å²) in [7, 11) is 0. The molecule has 2 aromatic rings. The number of amides is 1. The molecule has 3 rings (SSSR count).